The smallest absolute Gasteiger partial charge is 0.339 e. The van der Waals surface area contributed by atoms with E-state index < -0.39 is 11.9 Å². The third kappa shape index (κ3) is 4.84. The molecule has 0 aliphatic heterocycles. The Morgan fingerprint density at radius 1 is 0.931 bits per heavy atom. The number of Topliss-reactive ketones (excluding diaryl/α,β-unsaturated/α-hetero) is 1. The van der Waals surface area contributed by atoms with Crippen molar-refractivity contribution in [1.82, 2.24) is 4.98 Å². The number of hydrogen-bond donors (Lipinski definition) is 2. The van der Waals surface area contributed by atoms with E-state index in [4.69, 9.17) is 4.74 Å². The Morgan fingerprint density at radius 3 is 2.34 bits per heavy atom. The summed E-state index contributed by atoms with van der Waals surface area (Å²) >= 11 is 0. The number of carbonyl (C=O) groups is 3. The molecular weight excluding hydrogens is 370 g/mol. The van der Waals surface area contributed by atoms with Crippen molar-refractivity contribution in [3.63, 3.8) is 0 Å². The molecule has 3 rings (SSSR count). The van der Waals surface area contributed by atoms with Gasteiger partial charge in [-0.25, -0.2) is 9.78 Å². The van der Waals surface area contributed by atoms with E-state index >= 15 is 0 Å². The largest absolute Gasteiger partial charge is 0.465 e. The first kappa shape index (κ1) is 19.8. The summed E-state index contributed by atoms with van der Waals surface area (Å²) in [7, 11) is 1.28. The molecule has 0 aliphatic rings. The molecule has 0 bridgehead atoms. The maximum absolute atomic E-state index is 12.6. The minimum atomic E-state index is -0.535. The number of esters is 1. The summed E-state index contributed by atoms with van der Waals surface area (Å²) in [6.45, 7) is 1.50. The van der Waals surface area contributed by atoms with Crippen LogP contribution in [0.3, 0.4) is 0 Å². The molecule has 7 nitrogen and oxygen atoms in total. The fourth-order valence-corrected chi connectivity index (χ4v) is 2.65. The lowest BCUT2D eigenvalue weighted by Gasteiger charge is -2.11. The number of amides is 1. The maximum Gasteiger partial charge on any atom is 0.339 e. The first-order valence-corrected chi connectivity index (χ1v) is 8.80. The van der Waals surface area contributed by atoms with Crippen LogP contribution in [0.1, 0.15) is 38.0 Å². The van der Waals surface area contributed by atoms with Gasteiger partial charge in [-0.2, -0.15) is 0 Å². The van der Waals surface area contributed by atoms with E-state index in [1.54, 1.807) is 60.7 Å². The molecule has 0 unspecified atom stereocenters. The third-order valence-corrected chi connectivity index (χ3v) is 4.17. The van der Waals surface area contributed by atoms with Crippen molar-refractivity contribution in [3.8, 4) is 0 Å². The van der Waals surface area contributed by atoms with E-state index in [0.717, 1.165) is 5.69 Å². The zero-order valence-electron chi connectivity index (χ0n) is 15.9. The monoisotopic (exact) mass is 389 g/mol. The second kappa shape index (κ2) is 8.79. The molecule has 2 aromatic carbocycles. The molecule has 2 N–H and O–H groups in total. The Balaban J connectivity index is 1.76. The zero-order chi connectivity index (χ0) is 20.8. The van der Waals surface area contributed by atoms with Gasteiger partial charge in [-0.3, -0.25) is 9.59 Å². The summed E-state index contributed by atoms with van der Waals surface area (Å²) in [4.78, 5) is 40.1. The Labute approximate surface area is 167 Å². The van der Waals surface area contributed by atoms with Gasteiger partial charge in [-0.15, -0.1) is 0 Å². The quantitative estimate of drug-likeness (QED) is 0.487. The van der Waals surface area contributed by atoms with Gasteiger partial charge in [0.1, 0.15) is 5.82 Å². The first-order chi connectivity index (χ1) is 14.0. The van der Waals surface area contributed by atoms with Crippen LogP contribution >= 0.6 is 0 Å². The van der Waals surface area contributed by atoms with E-state index in [-0.39, 0.29) is 11.3 Å². The molecule has 0 saturated heterocycles. The lowest BCUT2D eigenvalue weighted by Crippen LogP contribution is -2.15. The molecule has 1 aromatic heterocycles. The molecule has 0 atom stereocenters. The molecule has 0 spiro atoms. The number of anilines is 3. The van der Waals surface area contributed by atoms with Gasteiger partial charge in [0, 0.05) is 23.0 Å². The van der Waals surface area contributed by atoms with Crippen molar-refractivity contribution >= 4 is 34.9 Å². The molecule has 146 valence electrons. The average molecular weight is 389 g/mol. The van der Waals surface area contributed by atoms with Crippen LogP contribution in [0, 0.1) is 0 Å². The summed E-state index contributed by atoms with van der Waals surface area (Å²) < 4.78 is 4.74. The van der Waals surface area contributed by atoms with Crippen molar-refractivity contribution in [2.24, 2.45) is 0 Å². The van der Waals surface area contributed by atoms with Crippen LogP contribution in [0.15, 0.2) is 66.9 Å². The molecular formula is C22H19N3O4. The molecule has 3 aromatic rings. The molecule has 0 saturated carbocycles. The lowest BCUT2D eigenvalue weighted by atomic mass is 10.1. The van der Waals surface area contributed by atoms with Gasteiger partial charge in [-0.1, -0.05) is 12.1 Å². The Kier molecular flexibility index (Phi) is 5.99. The Bertz CT molecular complexity index is 1060. The van der Waals surface area contributed by atoms with E-state index in [2.05, 4.69) is 15.6 Å². The van der Waals surface area contributed by atoms with Crippen LogP contribution in [-0.4, -0.2) is 29.8 Å². The molecule has 0 aliphatic carbocycles. The number of aromatic nitrogens is 1. The van der Waals surface area contributed by atoms with Gasteiger partial charge < -0.3 is 15.4 Å². The number of rotatable bonds is 6. The number of methoxy groups -OCH3 is 1. The maximum atomic E-state index is 12.6. The van der Waals surface area contributed by atoms with Crippen molar-refractivity contribution in [2.75, 3.05) is 17.7 Å². The summed E-state index contributed by atoms with van der Waals surface area (Å²) in [5.41, 5.74) is 2.33. The highest BCUT2D eigenvalue weighted by atomic mass is 16.5. The van der Waals surface area contributed by atoms with Crippen molar-refractivity contribution in [2.45, 2.75) is 6.92 Å². The second-order valence-corrected chi connectivity index (χ2v) is 6.18. The number of hydrogen-bond acceptors (Lipinski definition) is 6. The SMILES string of the molecule is COC(=O)c1ccccc1NC(=O)c1ccnc(Nc2ccc(C(C)=O)cc2)c1. The predicted octanol–water partition coefficient (Wildman–Crippen LogP) is 4.07. The van der Waals surface area contributed by atoms with E-state index in [1.165, 1.54) is 20.2 Å². The number of ketones is 1. The molecule has 0 fully saturated rings. The number of carbonyl (C=O) groups excluding carboxylic acids is 3. The number of nitrogens with zero attached hydrogens (tertiary/aromatic N) is 1. The number of ether oxygens (including phenoxy) is 1. The predicted molar refractivity (Wildman–Crippen MR) is 110 cm³/mol. The van der Waals surface area contributed by atoms with Gasteiger partial charge in [0.2, 0.25) is 0 Å². The summed E-state index contributed by atoms with van der Waals surface area (Å²) in [6.07, 6.45) is 1.51. The van der Waals surface area contributed by atoms with Crippen molar-refractivity contribution in [1.29, 1.82) is 0 Å². The van der Waals surface area contributed by atoms with Crippen molar-refractivity contribution in [3.05, 3.63) is 83.6 Å². The standard InChI is InChI=1S/C22H19N3O4/c1-14(26)15-7-9-17(10-8-15)24-20-13-16(11-12-23-20)21(27)25-19-6-4-3-5-18(19)22(28)29-2/h3-13H,1-2H3,(H,23,24)(H,25,27). The van der Waals surface area contributed by atoms with Crippen LogP contribution in [0.2, 0.25) is 0 Å². The highest BCUT2D eigenvalue weighted by Crippen LogP contribution is 2.19. The third-order valence-electron chi connectivity index (χ3n) is 4.17. The van der Waals surface area contributed by atoms with Gasteiger partial charge in [0.05, 0.1) is 18.4 Å². The first-order valence-electron chi connectivity index (χ1n) is 8.80. The van der Waals surface area contributed by atoms with Crippen LogP contribution in [0.25, 0.3) is 0 Å². The highest BCUT2D eigenvalue weighted by Gasteiger charge is 2.14. The lowest BCUT2D eigenvalue weighted by molar-refractivity contribution is 0.0601. The Morgan fingerprint density at radius 2 is 1.66 bits per heavy atom. The molecule has 29 heavy (non-hydrogen) atoms. The average Bonchev–Trinajstić information content (AvgIpc) is 2.74. The van der Waals surface area contributed by atoms with E-state index in [9.17, 15) is 14.4 Å². The highest BCUT2D eigenvalue weighted by molar-refractivity contribution is 6.08. The van der Waals surface area contributed by atoms with Crippen molar-refractivity contribution < 1.29 is 19.1 Å². The van der Waals surface area contributed by atoms with Gasteiger partial charge in [-0.05, 0) is 55.5 Å². The van der Waals surface area contributed by atoms with Crippen LogP contribution in [0.5, 0.6) is 0 Å². The van der Waals surface area contributed by atoms with Crippen LogP contribution in [-0.2, 0) is 4.74 Å². The number of nitrogens with one attached hydrogen (secondary N) is 2. The molecule has 0 radical (unpaired) electrons. The molecule has 1 amide bonds. The van der Waals surface area contributed by atoms with E-state index in [0.29, 0.717) is 22.6 Å². The summed E-state index contributed by atoms with van der Waals surface area (Å²) in [6, 6.07) is 16.7. The number of para-hydroxylation sites is 1. The Hall–Kier alpha value is -4.00. The topological polar surface area (TPSA) is 97.4 Å². The van der Waals surface area contributed by atoms with E-state index in [1.807, 2.05) is 0 Å². The van der Waals surface area contributed by atoms with Crippen LogP contribution in [0.4, 0.5) is 17.2 Å². The van der Waals surface area contributed by atoms with Gasteiger partial charge in [0.25, 0.3) is 5.91 Å². The minimum Gasteiger partial charge on any atom is -0.465 e. The van der Waals surface area contributed by atoms with Gasteiger partial charge >= 0.3 is 5.97 Å². The number of benzene rings is 2. The zero-order valence-corrected chi connectivity index (χ0v) is 15.9. The normalized spacial score (nSPS) is 10.1. The molecule has 1 heterocycles. The number of pyridine rings is 1. The summed E-state index contributed by atoms with van der Waals surface area (Å²) in [5.74, 6) is -0.472. The fraction of sp³-hybridized carbons (Fsp3) is 0.0909. The van der Waals surface area contributed by atoms with Gasteiger partial charge in [0.15, 0.2) is 5.78 Å². The second-order valence-electron chi connectivity index (χ2n) is 6.18. The fourth-order valence-electron chi connectivity index (χ4n) is 2.65. The minimum absolute atomic E-state index is 0.0134. The summed E-state index contributed by atoms with van der Waals surface area (Å²) in [5, 5.41) is 5.81. The molecule has 7 heteroatoms. The van der Waals surface area contributed by atoms with Crippen LogP contribution < -0.4 is 10.6 Å².